The first-order valence-corrected chi connectivity index (χ1v) is 3.08. The Labute approximate surface area is 55.8 Å². The molecule has 0 aliphatic rings. The highest BCUT2D eigenvalue weighted by Gasteiger charge is 1.72. The van der Waals surface area contributed by atoms with Gasteiger partial charge in [0.25, 0.3) is 0 Å². The first kappa shape index (κ1) is 7.63. The summed E-state index contributed by atoms with van der Waals surface area (Å²) in [6, 6.07) is 0. The van der Waals surface area contributed by atoms with Crippen molar-refractivity contribution in [2.75, 3.05) is 6.54 Å². The fourth-order valence-corrected chi connectivity index (χ4v) is 0.362. The number of nitrogens with one attached hydrogen (secondary N) is 1. The zero-order valence-corrected chi connectivity index (χ0v) is 6.09. The molecule has 0 bridgehead atoms. The van der Waals surface area contributed by atoms with Gasteiger partial charge in [-0.1, -0.05) is 12.2 Å². The maximum Gasteiger partial charge on any atom is 0.0135 e. The van der Waals surface area contributed by atoms with Crippen LogP contribution >= 0.6 is 12.2 Å². The lowest BCUT2D eigenvalue weighted by Crippen LogP contribution is -2.01. The number of allylic oxidation sites excluding steroid dienone is 1. The minimum absolute atomic E-state index is 0.908. The van der Waals surface area contributed by atoms with Crippen LogP contribution in [-0.4, -0.2) is 11.4 Å². The highest BCUT2D eigenvalue weighted by atomic mass is 32.1. The van der Waals surface area contributed by atoms with Crippen molar-refractivity contribution in [1.29, 1.82) is 0 Å². The summed E-state index contributed by atoms with van der Waals surface area (Å²) in [5.74, 6) is 0. The molecular weight excluding hydrogens is 118 g/mol. The van der Waals surface area contributed by atoms with Gasteiger partial charge in [-0.15, -0.1) is 0 Å². The van der Waals surface area contributed by atoms with Crippen LogP contribution in [-0.2, 0) is 0 Å². The molecule has 0 atom stereocenters. The van der Waals surface area contributed by atoms with Crippen molar-refractivity contribution in [2.45, 2.75) is 13.8 Å². The van der Waals surface area contributed by atoms with Gasteiger partial charge in [0.15, 0.2) is 0 Å². The fourth-order valence-electron chi connectivity index (χ4n) is 0.294. The average Bonchev–Trinajstić information content (AvgIpc) is 1.66. The van der Waals surface area contributed by atoms with Crippen LogP contribution in [0.25, 0.3) is 0 Å². The van der Waals surface area contributed by atoms with Crippen LogP contribution < -0.4 is 5.32 Å². The molecule has 0 heterocycles. The number of hydrogen-bond donors (Lipinski definition) is 1. The second-order valence-corrected chi connectivity index (χ2v) is 2.15. The van der Waals surface area contributed by atoms with Gasteiger partial charge in [-0.05, 0) is 26.1 Å². The third kappa shape index (κ3) is 5.63. The highest BCUT2D eigenvalue weighted by molar-refractivity contribution is 7.80. The molecule has 0 aliphatic carbocycles. The first-order chi connectivity index (χ1) is 3.77. The van der Waals surface area contributed by atoms with E-state index in [2.05, 4.69) is 5.32 Å². The van der Waals surface area contributed by atoms with Crippen LogP contribution in [0.2, 0.25) is 0 Å². The standard InChI is InChI=1S/C6H11NS/c1-3-7-5-4-6(2)8/h4-5,7H,3H2,1-2H3/b5-4+. The van der Waals surface area contributed by atoms with E-state index in [-0.39, 0.29) is 0 Å². The third-order valence-electron chi connectivity index (χ3n) is 0.640. The summed E-state index contributed by atoms with van der Waals surface area (Å²) in [6.45, 7) is 4.89. The Balaban J connectivity index is 3.20. The second-order valence-electron chi connectivity index (χ2n) is 1.50. The van der Waals surface area contributed by atoms with E-state index in [0.29, 0.717) is 0 Å². The molecule has 1 nitrogen and oxygen atoms in total. The predicted molar refractivity (Wildman–Crippen MR) is 41.1 cm³/mol. The first-order valence-electron chi connectivity index (χ1n) is 2.68. The van der Waals surface area contributed by atoms with E-state index in [1.54, 1.807) is 0 Å². The van der Waals surface area contributed by atoms with E-state index in [4.69, 9.17) is 12.2 Å². The summed E-state index contributed by atoms with van der Waals surface area (Å²) in [6.07, 6.45) is 3.74. The zero-order valence-electron chi connectivity index (χ0n) is 5.27. The van der Waals surface area contributed by atoms with E-state index < -0.39 is 0 Å². The van der Waals surface area contributed by atoms with Crippen LogP contribution in [0.1, 0.15) is 13.8 Å². The van der Waals surface area contributed by atoms with Crippen molar-refractivity contribution in [3.8, 4) is 0 Å². The molecule has 0 amide bonds. The molecule has 0 aromatic rings. The lowest BCUT2D eigenvalue weighted by molar-refractivity contribution is 0.920. The maximum atomic E-state index is 4.78. The zero-order chi connectivity index (χ0) is 6.41. The van der Waals surface area contributed by atoms with Crippen molar-refractivity contribution in [1.82, 2.24) is 5.32 Å². The second kappa shape index (κ2) is 4.78. The van der Waals surface area contributed by atoms with Crippen LogP contribution in [0.3, 0.4) is 0 Å². The highest BCUT2D eigenvalue weighted by Crippen LogP contribution is 1.74. The van der Waals surface area contributed by atoms with Crippen LogP contribution in [0.5, 0.6) is 0 Å². The van der Waals surface area contributed by atoms with Gasteiger partial charge in [0.1, 0.15) is 0 Å². The van der Waals surface area contributed by atoms with Crippen molar-refractivity contribution in [2.24, 2.45) is 0 Å². The van der Waals surface area contributed by atoms with Gasteiger partial charge in [0.2, 0.25) is 0 Å². The summed E-state index contributed by atoms with van der Waals surface area (Å²) in [5, 5.41) is 3.01. The van der Waals surface area contributed by atoms with E-state index in [1.165, 1.54) is 0 Å². The molecule has 0 unspecified atom stereocenters. The number of thiocarbonyl (C=S) groups is 1. The van der Waals surface area contributed by atoms with E-state index in [9.17, 15) is 0 Å². The monoisotopic (exact) mass is 129 g/mol. The van der Waals surface area contributed by atoms with Gasteiger partial charge >= 0.3 is 0 Å². The Morgan fingerprint density at radius 2 is 2.38 bits per heavy atom. The molecule has 0 radical (unpaired) electrons. The molecule has 0 saturated heterocycles. The van der Waals surface area contributed by atoms with E-state index in [0.717, 1.165) is 11.4 Å². The van der Waals surface area contributed by atoms with Gasteiger partial charge in [-0.25, -0.2) is 0 Å². The fraction of sp³-hybridized carbons (Fsp3) is 0.500. The molecule has 0 aromatic heterocycles. The van der Waals surface area contributed by atoms with Gasteiger partial charge < -0.3 is 5.32 Å². The summed E-state index contributed by atoms with van der Waals surface area (Å²) in [7, 11) is 0. The molecule has 0 fully saturated rings. The Hall–Kier alpha value is -0.370. The minimum atomic E-state index is 0.908. The van der Waals surface area contributed by atoms with Gasteiger partial charge in [-0.2, -0.15) is 0 Å². The Morgan fingerprint density at radius 3 is 2.75 bits per heavy atom. The maximum absolute atomic E-state index is 4.78. The summed E-state index contributed by atoms with van der Waals surface area (Å²) in [4.78, 5) is 0.908. The average molecular weight is 129 g/mol. The largest absolute Gasteiger partial charge is 0.391 e. The molecular formula is C6H11NS. The molecule has 2 heteroatoms. The minimum Gasteiger partial charge on any atom is -0.391 e. The summed E-state index contributed by atoms with van der Waals surface area (Å²) in [5.41, 5.74) is 0. The van der Waals surface area contributed by atoms with Crippen LogP contribution in [0, 0.1) is 0 Å². The molecule has 0 aliphatic heterocycles. The Kier molecular flexibility index (Phi) is 4.56. The number of rotatable bonds is 3. The molecule has 0 saturated carbocycles. The van der Waals surface area contributed by atoms with Crippen molar-refractivity contribution in [3.05, 3.63) is 12.3 Å². The summed E-state index contributed by atoms with van der Waals surface area (Å²) >= 11 is 4.78. The SMILES string of the molecule is CCN/C=C/C(C)=S. The topological polar surface area (TPSA) is 12.0 Å². The van der Waals surface area contributed by atoms with Crippen LogP contribution in [0.4, 0.5) is 0 Å². The van der Waals surface area contributed by atoms with Gasteiger partial charge in [-0.3, -0.25) is 0 Å². The smallest absolute Gasteiger partial charge is 0.0135 e. The quantitative estimate of drug-likeness (QED) is 0.458. The van der Waals surface area contributed by atoms with Crippen LogP contribution in [0.15, 0.2) is 12.3 Å². The molecule has 8 heavy (non-hydrogen) atoms. The van der Waals surface area contributed by atoms with E-state index >= 15 is 0 Å². The molecule has 0 spiro atoms. The van der Waals surface area contributed by atoms with E-state index in [1.807, 2.05) is 26.1 Å². The lowest BCUT2D eigenvalue weighted by Gasteiger charge is -1.88. The molecule has 1 N–H and O–H groups in total. The van der Waals surface area contributed by atoms with Crippen molar-refractivity contribution >= 4 is 17.1 Å². The van der Waals surface area contributed by atoms with Crippen molar-refractivity contribution in [3.63, 3.8) is 0 Å². The normalized spacial score (nSPS) is 9.75. The Bertz CT molecular complexity index is 96.7. The molecule has 46 valence electrons. The van der Waals surface area contributed by atoms with Gasteiger partial charge in [0.05, 0.1) is 0 Å². The predicted octanol–water partition coefficient (Wildman–Crippen LogP) is 1.50. The van der Waals surface area contributed by atoms with Crippen molar-refractivity contribution < 1.29 is 0 Å². The third-order valence-corrected chi connectivity index (χ3v) is 0.776. The molecule has 0 rings (SSSR count). The summed E-state index contributed by atoms with van der Waals surface area (Å²) < 4.78 is 0. The Morgan fingerprint density at radius 1 is 1.75 bits per heavy atom. The molecule has 0 aromatic carbocycles. The van der Waals surface area contributed by atoms with Gasteiger partial charge in [0, 0.05) is 11.4 Å². The number of hydrogen-bond acceptors (Lipinski definition) is 2. The lowest BCUT2D eigenvalue weighted by atomic mass is 10.5.